The first kappa shape index (κ1) is 46.1. The fraction of sp³-hybridized carbons (Fsp3) is 0.408. The Bertz CT molecular complexity index is 2700. The van der Waals surface area contributed by atoms with Crippen LogP contribution in [0.3, 0.4) is 0 Å². The number of nitrogens with zero attached hydrogens (tertiary/aromatic N) is 4. The number of amides is 3. The van der Waals surface area contributed by atoms with Gasteiger partial charge in [-0.2, -0.15) is 5.06 Å². The molecule has 354 valence electrons. The lowest BCUT2D eigenvalue weighted by Crippen LogP contribution is -2.57. The van der Waals surface area contributed by atoms with Crippen LogP contribution in [0.15, 0.2) is 83.3 Å². The zero-order valence-electron chi connectivity index (χ0n) is 38.3. The lowest BCUT2D eigenvalue weighted by Gasteiger charge is -2.38. The van der Waals surface area contributed by atoms with Gasteiger partial charge < -0.3 is 28.5 Å². The van der Waals surface area contributed by atoms with Gasteiger partial charge in [0, 0.05) is 35.8 Å². The highest BCUT2D eigenvalue weighted by molar-refractivity contribution is 7.09. The molecule has 2 saturated heterocycles. The van der Waals surface area contributed by atoms with Gasteiger partial charge >= 0.3 is 29.4 Å². The SMILES string of the molecule is Cc1nc(/C(=N/OC2(C(=O)OC(C)(C)C)CCC2)C(=O)C[C@H]2CON(C3(C(=O)OC(C)(C)C)C[C@H](N4C(=O)c5cc6c(cc5C4=O)OC(c4ccccc4)(c4ccccc4)O6)C(=O)O3)C2=O)cs1. The second-order valence-electron chi connectivity index (χ2n) is 19.2. The standard InChI is InChI=1S/C49H48N4O14S/c1-27-50-33(26-68-27)38(51-67-47(19-14-20-47)43(59)65-45(2,3)4)35(54)21-28-25-61-53(39(28)55)48(44(60)66-46(5,6)7)24-34(42(58)64-48)52-40(56)31-22-36-37(23-32(31)41(52)57)63-49(62-36,29-15-10-8-11-16-29)30-17-12-9-13-18-30/h8-13,15-18,22-23,26,28,34H,14,19-21,24-25H2,1-7H3/b51-38-/t28-,34-,48?/m0/s1. The number of oxime groups is 1. The Morgan fingerprint density at radius 2 is 1.37 bits per heavy atom. The number of aromatic nitrogens is 1. The van der Waals surface area contributed by atoms with Crippen LogP contribution in [-0.2, 0) is 53.6 Å². The van der Waals surface area contributed by atoms with Crippen LogP contribution in [0.5, 0.6) is 11.5 Å². The third kappa shape index (κ3) is 8.06. The Morgan fingerprint density at radius 1 is 0.809 bits per heavy atom. The number of hydrogen-bond acceptors (Lipinski definition) is 17. The molecule has 3 aromatic carbocycles. The van der Waals surface area contributed by atoms with Crippen molar-refractivity contribution in [1.29, 1.82) is 0 Å². The Kier molecular flexibility index (Phi) is 11.3. The summed E-state index contributed by atoms with van der Waals surface area (Å²) in [4.78, 5) is 115. The van der Waals surface area contributed by atoms with Gasteiger partial charge in [-0.1, -0.05) is 65.8 Å². The molecule has 19 heteroatoms. The molecule has 0 N–H and O–H groups in total. The van der Waals surface area contributed by atoms with Gasteiger partial charge in [-0.15, -0.1) is 11.3 Å². The number of esters is 3. The molecule has 0 radical (unpaired) electrons. The van der Waals surface area contributed by atoms with Crippen molar-refractivity contribution in [1.82, 2.24) is 14.9 Å². The second kappa shape index (κ2) is 16.7. The summed E-state index contributed by atoms with van der Waals surface area (Å²) in [7, 11) is 0. The number of fused-ring (bicyclic) bond motifs is 2. The Labute approximate surface area is 394 Å². The summed E-state index contributed by atoms with van der Waals surface area (Å²) in [5, 5.41) is 6.90. The molecule has 1 saturated carbocycles. The molecule has 3 fully saturated rings. The molecule has 0 spiro atoms. The Morgan fingerprint density at radius 3 is 1.87 bits per heavy atom. The summed E-state index contributed by atoms with van der Waals surface area (Å²) in [5.41, 5.74) is -5.09. The predicted octanol–water partition coefficient (Wildman–Crippen LogP) is 6.11. The minimum absolute atomic E-state index is 0.102. The fourth-order valence-electron chi connectivity index (χ4n) is 8.53. The molecule has 0 bridgehead atoms. The van der Waals surface area contributed by atoms with E-state index >= 15 is 0 Å². The van der Waals surface area contributed by atoms with E-state index in [1.807, 2.05) is 60.7 Å². The van der Waals surface area contributed by atoms with Gasteiger partial charge in [0.2, 0.25) is 5.60 Å². The summed E-state index contributed by atoms with van der Waals surface area (Å²) in [5.74, 6) is -8.90. The van der Waals surface area contributed by atoms with E-state index in [0.717, 1.165) is 0 Å². The number of benzene rings is 3. The van der Waals surface area contributed by atoms with Crippen LogP contribution in [0.25, 0.3) is 0 Å². The summed E-state index contributed by atoms with van der Waals surface area (Å²) in [6, 6.07) is 19.3. The molecule has 1 aliphatic carbocycles. The number of thiazole rings is 1. The van der Waals surface area contributed by atoms with Crippen molar-refractivity contribution in [3.63, 3.8) is 0 Å². The molecule has 5 heterocycles. The van der Waals surface area contributed by atoms with Crippen molar-refractivity contribution >= 4 is 58.5 Å². The molecule has 18 nitrogen and oxygen atoms in total. The van der Waals surface area contributed by atoms with Gasteiger partial charge in [-0.25, -0.2) is 19.4 Å². The van der Waals surface area contributed by atoms with Crippen LogP contribution in [0.2, 0.25) is 0 Å². The maximum absolute atomic E-state index is 14.4. The number of imide groups is 1. The van der Waals surface area contributed by atoms with Crippen LogP contribution >= 0.6 is 11.3 Å². The lowest BCUT2D eigenvalue weighted by molar-refractivity contribution is -0.263. The number of ketones is 1. The van der Waals surface area contributed by atoms with E-state index in [-0.39, 0.29) is 34.0 Å². The zero-order valence-corrected chi connectivity index (χ0v) is 39.1. The van der Waals surface area contributed by atoms with Crippen LogP contribution in [0.4, 0.5) is 0 Å². The topological polar surface area (TPSA) is 216 Å². The van der Waals surface area contributed by atoms with Gasteiger partial charge in [0.1, 0.15) is 22.9 Å². The third-order valence-corrected chi connectivity index (χ3v) is 12.7. The number of cyclic esters (lactones) is 1. The fourth-order valence-corrected chi connectivity index (χ4v) is 9.12. The average molecular weight is 949 g/mol. The van der Waals surface area contributed by atoms with Crippen molar-refractivity contribution in [2.24, 2.45) is 11.1 Å². The van der Waals surface area contributed by atoms with E-state index < -0.39 is 101 Å². The monoisotopic (exact) mass is 948 g/mol. The van der Waals surface area contributed by atoms with E-state index in [9.17, 15) is 33.6 Å². The lowest BCUT2D eigenvalue weighted by atomic mass is 9.80. The number of aryl methyl sites for hydroxylation is 1. The Hall–Kier alpha value is -6.99. The van der Waals surface area contributed by atoms with Crippen LogP contribution < -0.4 is 9.47 Å². The van der Waals surface area contributed by atoms with Gasteiger partial charge in [0.25, 0.3) is 17.7 Å². The first-order chi connectivity index (χ1) is 32.1. The minimum Gasteiger partial charge on any atom is -0.457 e. The van der Waals surface area contributed by atoms with Crippen molar-refractivity contribution in [2.75, 3.05) is 6.61 Å². The summed E-state index contributed by atoms with van der Waals surface area (Å²) in [6.07, 6.45) is -0.0589. The van der Waals surface area contributed by atoms with Gasteiger partial charge in [0.05, 0.1) is 35.1 Å². The molecule has 4 aliphatic heterocycles. The van der Waals surface area contributed by atoms with Gasteiger partial charge in [0.15, 0.2) is 23.0 Å². The maximum Gasteiger partial charge on any atom is 0.375 e. The van der Waals surface area contributed by atoms with Crippen molar-refractivity contribution < 1.29 is 66.9 Å². The van der Waals surface area contributed by atoms with Crippen molar-refractivity contribution in [3.05, 3.63) is 111 Å². The summed E-state index contributed by atoms with van der Waals surface area (Å²) >= 11 is 1.24. The second-order valence-corrected chi connectivity index (χ2v) is 20.3. The first-order valence-electron chi connectivity index (χ1n) is 22.1. The molecule has 4 aromatic rings. The quantitative estimate of drug-likeness (QED) is 0.0515. The van der Waals surface area contributed by atoms with E-state index in [1.165, 1.54) is 23.5 Å². The predicted molar refractivity (Wildman–Crippen MR) is 238 cm³/mol. The molecule has 3 amide bonds. The number of hydroxylamine groups is 2. The zero-order chi connectivity index (χ0) is 48.6. The molecule has 3 atom stereocenters. The van der Waals surface area contributed by atoms with Gasteiger partial charge in [-0.3, -0.25) is 28.9 Å². The highest BCUT2D eigenvalue weighted by Gasteiger charge is 2.66. The average Bonchev–Trinajstić information content (AvgIpc) is 4.08. The van der Waals surface area contributed by atoms with E-state index in [0.29, 0.717) is 45.4 Å². The highest BCUT2D eigenvalue weighted by atomic mass is 32.1. The number of carbonyl (C=O) groups excluding carboxylic acids is 7. The number of carbonyl (C=O) groups is 7. The normalized spacial score (nSPS) is 22.7. The summed E-state index contributed by atoms with van der Waals surface area (Å²) < 4.78 is 30.1. The van der Waals surface area contributed by atoms with Crippen molar-refractivity contribution in [2.45, 2.75) is 115 Å². The first-order valence-corrected chi connectivity index (χ1v) is 23.0. The van der Waals surface area contributed by atoms with Crippen LogP contribution in [0, 0.1) is 12.8 Å². The summed E-state index contributed by atoms with van der Waals surface area (Å²) in [6.45, 7) is 11.1. The number of Topliss-reactive ketones (excluding diaryl/α,β-unsaturated/α-hetero) is 1. The van der Waals surface area contributed by atoms with Crippen LogP contribution in [0.1, 0.15) is 116 Å². The van der Waals surface area contributed by atoms with Crippen LogP contribution in [-0.4, -0.2) is 97.2 Å². The number of hydrogen-bond donors (Lipinski definition) is 0. The highest BCUT2D eigenvalue weighted by Crippen LogP contribution is 2.50. The molecule has 5 aliphatic rings. The Balaban J connectivity index is 0.970. The minimum atomic E-state index is -2.64. The maximum atomic E-state index is 14.4. The molecule has 68 heavy (non-hydrogen) atoms. The largest absolute Gasteiger partial charge is 0.457 e. The third-order valence-electron chi connectivity index (χ3n) is 11.9. The molecular weight excluding hydrogens is 901 g/mol. The smallest absolute Gasteiger partial charge is 0.375 e. The van der Waals surface area contributed by atoms with Gasteiger partial charge in [-0.05, 0) is 67.0 Å². The molecule has 1 aromatic heterocycles. The number of ether oxygens (including phenoxy) is 5. The van der Waals surface area contributed by atoms with Crippen molar-refractivity contribution in [3.8, 4) is 11.5 Å². The van der Waals surface area contributed by atoms with E-state index in [4.69, 9.17) is 33.4 Å². The molecular formula is C49H48N4O14S. The van der Waals surface area contributed by atoms with E-state index in [1.54, 1.807) is 53.8 Å². The number of rotatable bonds is 12. The molecule has 9 rings (SSSR count). The van der Waals surface area contributed by atoms with E-state index in [2.05, 4.69) is 10.1 Å². The molecule has 1 unspecified atom stereocenters.